The fourth-order valence-electron chi connectivity index (χ4n) is 3.27. The van der Waals surface area contributed by atoms with Gasteiger partial charge >= 0.3 is 0 Å². The van der Waals surface area contributed by atoms with Gasteiger partial charge in [-0.1, -0.05) is 23.7 Å². The maximum absolute atomic E-state index is 12.5. The van der Waals surface area contributed by atoms with Crippen molar-refractivity contribution in [1.29, 1.82) is 0 Å². The fraction of sp³-hybridized carbons (Fsp3) is 0.174. The highest BCUT2D eigenvalue weighted by Crippen LogP contribution is 2.24. The standard InChI is InChI=1S/C23H22ClN5O3S/c1-15-12-16(2)29(27-15)22-13-23(26-17(3)25-22)32-21-10-8-20(9-11-21)28-33(30,31)14-18-4-6-19(24)7-5-18/h4-13,28H,14H2,1-3H3. The van der Waals surface area contributed by atoms with Gasteiger partial charge in [-0.05, 0) is 68.8 Å². The third-order valence-corrected chi connectivity index (χ3v) is 6.16. The van der Waals surface area contributed by atoms with Crippen molar-refractivity contribution >= 4 is 27.3 Å². The first-order valence-corrected chi connectivity index (χ1v) is 12.1. The number of halogens is 1. The van der Waals surface area contributed by atoms with Gasteiger partial charge in [0.25, 0.3) is 0 Å². The molecule has 33 heavy (non-hydrogen) atoms. The molecule has 170 valence electrons. The van der Waals surface area contributed by atoms with E-state index >= 15 is 0 Å². The number of sulfonamides is 1. The Morgan fingerprint density at radius 3 is 2.30 bits per heavy atom. The molecule has 0 atom stereocenters. The molecule has 10 heteroatoms. The lowest BCUT2D eigenvalue weighted by Crippen LogP contribution is -2.14. The van der Waals surface area contributed by atoms with Crippen LogP contribution in [-0.2, 0) is 15.8 Å². The molecule has 4 aromatic rings. The molecule has 0 bridgehead atoms. The molecule has 0 fully saturated rings. The molecule has 0 aliphatic heterocycles. The van der Waals surface area contributed by atoms with Crippen molar-refractivity contribution in [3.63, 3.8) is 0 Å². The minimum Gasteiger partial charge on any atom is -0.439 e. The lowest BCUT2D eigenvalue weighted by Gasteiger charge is -2.11. The van der Waals surface area contributed by atoms with Crippen LogP contribution in [0.2, 0.25) is 5.02 Å². The number of benzene rings is 2. The number of hydrogen-bond donors (Lipinski definition) is 1. The number of hydrogen-bond acceptors (Lipinski definition) is 6. The summed E-state index contributed by atoms with van der Waals surface area (Å²) < 4.78 is 35.1. The van der Waals surface area contributed by atoms with E-state index in [4.69, 9.17) is 16.3 Å². The molecule has 0 spiro atoms. The Bertz CT molecular complexity index is 1380. The number of aryl methyl sites for hydroxylation is 3. The second kappa shape index (κ2) is 9.21. The van der Waals surface area contributed by atoms with E-state index in [1.807, 2.05) is 19.9 Å². The molecule has 4 rings (SSSR count). The molecule has 0 unspecified atom stereocenters. The van der Waals surface area contributed by atoms with Gasteiger partial charge in [0.05, 0.1) is 11.4 Å². The number of nitrogens with one attached hydrogen (secondary N) is 1. The Labute approximate surface area is 197 Å². The summed E-state index contributed by atoms with van der Waals surface area (Å²) in [6.07, 6.45) is 0. The summed E-state index contributed by atoms with van der Waals surface area (Å²) in [5.74, 6) is 1.86. The van der Waals surface area contributed by atoms with Gasteiger partial charge < -0.3 is 4.74 Å². The van der Waals surface area contributed by atoms with Gasteiger partial charge in [0.15, 0.2) is 5.82 Å². The van der Waals surface area contributed by atoms with Gasteiger partial charge in [0.2, 0.25) is 15.9 Å². The predicted molar refractivity (Wildman–Crippen MR) is 128 cm³/mol. The number of anilines is 1. The number of rotatable bonds is 7. The van der Waals surface area contributed by atoms with E-state index in [1.54, 1.807) is 66.2 Å². The molecule has 0 radical (unpaired) electrons. The topological polar surface area (TPSA) is 99.0 Å². The van der Waals surface area contributed by atoms with Crippen LogP contribution in [0.1, 0.15) is 22.8 Å². The molecule has 2 aromatic heterocycles. The summed E-state index contributed by atoms with van der Waals surface area (Å²) in [5, 5.41) is 5.00. The fourth-order valence-corrected chi connectivity index (χ4v) is 4.60. The maximum atomic E-state index is 12.5. The summed E-state index contributed by atoms with van der Waals surface area (Å²) in [7, 11) is -3.58. The van der Waals surface area contributed by atoms with E-state index in [9.17, 15) is 8.42 Å². The van der Waals surface area contributed by atoms with E-state index in [0.29, 0.717) is 39.5 Å². The molecule has 0 saturated carbocycles. The molecule has 0 aliphatic rings. The highest BCUT2D eigenvalue weighted by atomic mass is 35.5. The molecular weight excluding hydrogens is 462 g/mol. The van der Waals surface area contributed by atoms with Crippen molar-refractivity contribution < 1.29 is 13.2 Å². The lowest BCUT2D eigenvalue weighted by atomic mass is 10.2. The predicted octanol–water partition coefficient (Wildman–Crippen LogP) is 4.98. The van der Waals surface area contributed by atoms with Crippen molar-refractivity contribution in [2.45, 2.75) is 26.5 Å². The Hall–Kier alpha value is -3.43. The van der Waals surface area contributed by atoms with E-state index in [2.05, 4.69) is 19.8 Å². The smallest absolute Gasteiger partial charge is 0.236 e. The highest BCUT2D eigenvalue weighted by molar-refractivity contribution is 7.91. The van der Waals surface area contributed by atoms with Crippen molar-refractivity contribution in [3.05, 3.63) is 88.5 Å². The second-order valence-corrected chi connectivity index (χ2v) is 9.72. The van der Waals surface area contributed by atoms with Crippen LogP contribution in [-0.4, -0.2) is 28.2 Å². The van der Waals surface area contributed by atoms with Crippen LogP contribution in [0.5, 0.6) is 11.6 Å². The van der Waals surface area contributed by atoms with E-state index < -0.39 is 10.0 Å². The summed E-state index contributed by atoms with van der Waals surface area (Å²) in [4.78, 5) is 8.77. The largest absolute Gasteiger partial charge is 0.439 e. The van der Waals surface area contributed by atoms with Crippen LogP contribution >= 0.6 is 11.6 Å². The zero-order chi connectivity index (χ0) is 23.6. The zero-order valence-corrected chi connectivity index (χ0v) is 19.9. The van der Waals surface area contributed by atoms with E-state index in [-0.39, 0.29) is 5.75 Å². The SMILES string of the molecule is Cc1cc(C)n(-c2cc(Oc3ccc(NS(=O)(=O)Cc4ccc(Cl)cc4)cc3)nc(C)n2)n1. The summed E-state index contributed by atoms with van der Waals surface area (Å²) >= 11 is 5.85. The number of ether oxygens (including phenoxy) is 1. The lowest BCUT2D eigenvalue weighted by molar-refractivity contribution is 0.459. The van der Waals surface area contributed by atoms with Crippen LogP contribution in [0.4, 0.5) is 5.69 Å². The summed E-state index contributed by atoms with van der Waals surface area (Å²) in [5.41, 5.74) is 2.91. The van der Waals surface area contributed by atoms with Gasteiger partial charge in [-0.25, -0.2) is 18.1 Å². The molecular formula is C23H22ClN5O3S. The van der Waals surface area contributed by atoms with E-state index in [0.717, 1.165) is 11.4 Å². The Morgan fingerprint density at radius 2 is 1.67 bits per heavy atom. The van der Waals surface area contributed by atoms with Crippen molar-refractivity contribution in [2.24, 2.45) is 0 Å². The number of aromatic nitrogens is 4. The number of nitrogens with zero attached hydrogens (tertiary/aromatic N) is 4. The second-order valence-electron chi connectivity index (χ2n) is 7.56. The monoisotopic (exact) mass is 483 g/mol. The van der Waals surface area contributed by atoms with Crippen molar-refractivity contribution in [3.8, 4) is 17.4 Å². The van der Waals surface area contributed by atoms with Crippen LogP contribution in [0, 0.1) is 20.8 Å². The average Bonchev–Trinajstić information content (AvgIpc) is 3.08. The zero-order valence-electron chi connectivity index (χ0n) is 18.3. The third-order valence-electron chi connectivity index (χ3n) is 4.65. The van der Waals surface area contributed by atoms with Crippen LogP contribution < -0.4 is 9.46 Å². The Kier molecular flexibility index (Phi) is 6.35. The molecule has 0 aliphatic carbocycles. The minimum absolute atomic E-state index is 0.155. The maximum Gasteiger partial charge on any atom is 0.236 e. The first kappa shape index (κ1) is 22.8. The summed E-state index contributed by atoms with van der Waals surface area (Å²) in [6, 6.07) is 16.9. The van der Waals surface area contributed by atoms with Gasteiger partial charge in [-0.2, -0.15) is 10.1 Å². The Balaban J connectivity index is 1.46. The molecule has 0 saturated heterocycles. The molecule has 1 N–H and O–H groups in total. The quantitative estimate of drug-likeness (QED) is 0.398. The van der Waals surface area contributed by atoms with E-state index in [1.165, 1.54) is 0 Å². The summed E-state index contributed by atoms with van der Waals surface area (Å²) in [6.45, 7) is 5.64. The van der Waals surface area contributed by atoms with Crippen molar-refractivity contribution in [1.82, 2.24) is 19.7 Å². The van der Waals surface area contributed by atoms with Crippen LogP contribution in [0.3, 0.4) is 0 Å². The van der Waals surface area contributed by atoms with Gasteiger partial charge in [-0.15, -0.1) is 0 Å². The first-order valence-electron chi connectivity index (χ1n) is 10.1. The first-order chi connectivity index (χ1) is 15.7. The van der Waals surface area contributed by atoms with Crippen molar-refractivity contribution in [2.75, 3.05) is 4.72 Å². The van der Waals surface area contributed by atoms with Gasteiger partial charge in [0.1, 0.15) is 11.6 Å². The molecule has 2 heterocycles. The highest BCUT2D eigenvalue weighted by Gasteiger charge is 2.13. The minimum atomic E-state index is -3.58. The average molecular weight is 484 g/mol. The normalized spacial score (nSPS) is 11.4. The van der Waals surface area contributed by atoms with Gasteiger partial charge in [-0.3, -0.25) is 4.72 Å². The molecule has 8 nitrogen and oxygen atoms in total. The van der Waals surface area contributed by atoms with Crippen LogP contribution in [0.15, 0.2) is 60.7 Å². The van der Waals surface area contributed by atoms with Crippen LogP contribution in [0.25, 0.3) is 5.82 Å². The Morgan fingerprint density at radius 1 is 0.970 bits per heavy atom. The molecule has 0 amide bonds. The molecule has 2 aromatic carbocycles. The third kappa shape index (κ3) is 5.88. The van der Waals surface area contributed by atoms with Gasteiger partial charge in [0, 0.05) is 22.5 Å².